The lowest BCUT2D eigenvalue weighted by molar-refractivity contribution is -0.149. The van der Waals surface area contributed by atoms with E-state index in [0.29, 0.717) is 23.8 Å². The van der Waals surface area contributed by atoms with Crippen molar-refractivity contribution < 1.29 is 14.3 Å². The van der Waals surface area contributed by atoms with E-state index in [0.717, 1.165) is 17.9 Å². The third-order valence-corrected chi connectivity index (χ3v) is 5.96. The Labute approximate surface area is 154 Å². The Morgan fingerprint density at radius 2 is 1.62 bits per heavy atom. The molecule has 0 aromatic heterocycles. The largest absolute Gasteiger partial charge is 0.449 e. The number of ether oxygens (including phenoxy) is 1. The van der Waals surface area contributed by atoms with E-state index in [-0.39, 0.29) is 11.8 Å². The van der Waals surface area contributed by atoms with Crippen molar-refractivity contribution in [1.29, 1.82) is 0 Å². The molecule has 2 fully saturated rings. The predicted octanol–water partition coefficient (Wildman–Crippen LogP) is 4.98. The maximum atomic E-state index is 13.0. The standard InChI is InChI=1S/C23H24O3/c24-21(15-20-14-16-11-12-19(20)13-16)26-23(18-9-5-2-6-10-18)22(25)17-7-3-1-4-8-17/h1-10,16,19-20,23H,11-15H2. The fourth-order valence-corrected chi connectivity index (χ4v) is 4.67. The molecule has 2 aliphatic rings. The number of benzene rings is 2. The molecule has 0 aliphatic heterocycles. The monoisotopic (exact) mass is 348 g/mol. The number of hydrogen-bond donors (Lipinski definition) is 0. The van der Waals surface area contributed by atoms with Gasteiger partial charge in [0.2, 0.25) is 5.78 Å². The Hall–Kier alpha value is -2.42. The molecule has 2 aromatic carbocycles. The van der Waals surface area contributed by atoms with E-state index in [1.807, 2.05) is 48.5 Å². The van der Waals surface area contributed by atoms with Crippen LogP contribution in [0.15, 0.2) is 60.7 Å². The third-order valence-electron chi connectivity index (χ3n) is 5.96. The first-order valence-electron chi connectivity index (χ1n) is 9.54. The summed E-state index contributed by atoms with van der Waals surface area (Å²) in [4.78, 5) is 25.6. The lowest BCUT2D eigenvalue weighted by atomic mass is 9.86. The molecule has 0 N–H and O–H groups in total. The number of carbonyl (C=O) groups excluding carboxylic acids is 2. The van der Waals surface area contributed by atoms with Crippen molar-refractivity contribution >= 4 is 11.8 Å². The smallest absolute Gasteiger partial charge is 0.307 e. The van der Waals surface area contributed by atoms with E-state index >= 15 is 0 Å². The Balaban J connectivity index is 1.50. The number of fused-ring (bicyclic) bond motifs is 2. The highest BCUT2D eigenvalue weighted by Crippen LogP contribution is 2.49. The van der Waals surface area contributed by atoms with Crippen molar-refractivity contribution in [2.24, 2.45) is 17.8 Å². The Morgan fingerprint density at radius 3 is 2.23 bits per heavy atom. The summed E-state index contributed by atoms with van der Waals surface area (Å²) in [5.41, 5.74) is 1.29. The van der Waals surface area contributed by atoms with Crippen LogP contribution in [0.3, 0.4) is 0 Å². The molecule has 0 amide bonds. The SMILES string of the molecule is O=C(CC1CC2CCC1C2)OC(C(=O)c1ccccc1)c1ccccc1. The molecule has 4 unspecified atom stereocenters. The summed E-state index contributed by atoms with van der Waals surface area (Å²) in [5.74, 6) is 1.49. The van der Waals surface area contributed by atoms with Gasteiger partial charge in [-0.1, -0.05) is 67.1 Å². The van der Waals surface area contributed by atoms with E-state index in [1.54, 1.807) is 12.1 Å². The molecule has 2 saturated carbocycles. The molecule has 2 aromatic rings. The van der Waals surface area contributed by atoms with Gasteiger partial charge in [-0.25, -0.2) is 0 Å². The highest BCUT2D eigenvalue weighted by Gasteiger charge is 2.41. The third kappa shape index (κ3) is 3.57. The summed E-state index contributed by atoms with van der Waals surface area (Å²) in [6.45, 7) is 0. The molecule has 2 aliphatic carbocycles. The van der Waals surface area contributed by atoms with Gasteiger partial charge in [-0.05, 0) is 37.0 Å². The minimum absolute atomic E-state index is 0.168. The minimum atomic E-state index is -0.871. The second-order valence-electron chi connectivity index (χ2n) is 7.65. The number of hydrogen-bond acceptors (Lipinski definition) is 3. The van der Waals surface area contributed by atoms with Crippen molar-refractivity contribution in [3.8, 4) is 0 Å². The van der Waals surface area contributed by atoms with Crippen LogP contribution in [0.5, 0.6) is 0 Å². The summed E-state index contributed by atoms with van der Waals surface area (Å²) >= 11 is 0. The van der Waals surface area contributed by atoms with E-state index in [1.165, 1.54) is 19.3 Å². The van der Waals surface area contributed by atoms with Gasteiger partial charge in [0.25, 0.3) is 0 Å². The molecule has 3 nitrogen and oxygen atoms in total. The number of ketones is 1. The number of rotatable bonds is 6. The molecule has 0 radical (unpaired) electrons. The highest BCUT2D eigenvalue weighted by atomic mass is 16.5. The van der Waals surface area contributed by atoms with Crippen LogP contribution >= 0.6 is 0 Å². The highest BCUT2D eigenvalue weighted by molar-refractivity contribution is 6.00. The fourth-order valence-electron chi connectivity index (χ4n) is 4.67. The molecule has 4 atom stereocenters. The van der Waals surface area contributed by atoms with Crippen LogP contribution in [0.2, 0.25) is 0 Å². The zero-order valence-electron chi connectivity index (χ0n) is 14.8. The summed E-state index contributed by atoms with van der Waals surface area (Å²) in [5, 5.41) is 0. The molecule has 0 heterocycles. The van der Waals surface area contributed by atoms with Crippen LogP contribution in [0.4, 0.5) is 0 Å². The normalized spacial score (nSPS) is 25.0. The molecule has 2 bridgehead atoms. The van der Waals surface area contributed by atoms with Crippen molar-refractivity contribution in [2.45, 2.75) is 38.2 Å². The van der Waals surface area contributed by atoms with Crippen LogP contribution in [0, 0.1) is 17.8 Å². The Morgan fingerprint density at radius 1 is 0.923 bits per heavy atom. The van der Waals surface area contributed by atoms with Crippen LogP contribution in [0.25, 0.3) is 0 Å². The molecular formula is C23H24O3. The number of esters is 1. The lowest BCUT2D eigenvalue weighted by Crippen LogP contribution is -2.23. The number of Topliss-reactive ketones (excluding diaryl/α,β-unsaturated/α-hetero) is 1. The zero-order valence-corrected chi connectivity index (χ0v) is 14.8. The first-order chi connectivity index (χ1) is 12.7. The number of carbonyl (C=O) groups is 2. The van der Waals surface area contributed by atoms with E-state index in [4.69, 9.17) is 4.74 Å². The van der Waals surface area contributed by atoms with Crippen LogP contribution in [0.1, 0.15) is 54.1 Å². The molecule has 0 spiro atoms. The second-order valence-corrected chi connectivity index (χ2v) is 7.65. The van der Waals surface area contributed by atoms with Gasteiger partial charge < -0.3 is 4.74 Å². The fraction of sp³-hybridized carbons (Fsp3) is 0.391. The van der Waals surface area contributed by atoms with Crippen molar-refractivity contribution in [3.63, 3.8) is 0 Å². The molecular weight excluding hydrogens is 324 g/mol. The maximum absolute atomic E-state index is 13.0. The van der Waals surface area contributed by atoms with Crippen molar-refractivity contribution in [3.05, 3.63) is 71.8 Å². The lowest BCUT2D eigenvalue weighted by Gasteiger charge is -2.23. The summed E-state index contributed by atoms with van der Waals surface area (Å²) in [6, 6.07) is 18.4. The minimum Gasteiger partial charge on any atom is -0.449 e. The van der Waals surface area contributed by atoms with Gasteiger partial charge in [0.15, 0.2) is 6.10 Å². The predicted molar refractivity (Wildman–Crippen MR) is 99.6 cm³/mol. The van der Waals surface area contributed by atoms with Gasteiger partial charge in [0.1, 0.15) is 0 Å². The van der Waals surface area contributed by atoms with Gasteiger partial charge >= 0.3 is 5.97 Å². The Bertz CT molecular complexity index is 769. The first-order valence-corrected chi connectivity index (χ1v) is 9.54. The summed E-state index contributed by atoms with van der Waals surface area (Å²) < 4.78 is 5.73. The van der Waals surface area contributed by atoms with Gasteiger partial charge in [0, 0.05) is 17.5 Å². The van der Waals surface area contributed by atoms with Gasteiger partial charge in [-0.2, -0.15) is 0 Å². The average molecular weight is 348 g/mol. The molecule has 26 heavy (non-hydrogen) atoms. The molecule has 134 valence electrons. The van der Waals surface area contributed by atoms with Crippen LogP contribution < -0.4 is 0 Å². The van der Waals surface area contributed by atoms with Crippen molar-refractivity contribution in [2.75, 3.05) is 0 Å². The van der Waals surface area contributed by atoms with Gasteiger partial charge in [-0.3, -0.25) is 9.59 Å². The molecule has 0 saturated heterocycles. The quantitative estimate of drug-likeness (QED) is 0.546. The van der Waals surface area contributed by atoms with Crippen molar-refractivity contribution in [1.82, 2.24) is 0 Å². The summed E-state index contributed by atoms with van der Waals surface area (Å²) in [6.07, 6.45) is 4.53. The van der Waals surface area contributed by atoms with E-state index < -0.39 is 6.10 Å². The second kappa shape index (κ2) is 7.45. The zero-order chi connectivity index (χ0) is 17.9. The van der Waals surface area contributed by atoms with Crippen LogP contribution in [-0.2, 0) is 9.53 Å². The van der Waals surface area contributed by atoms with Gasteiger partial charge in [0.05, 0.1) is 0 Å². The average Bonchev–Trinajstić information content (AvgIpc) is 3.30. The van der Waals surface area contributed by atoms with Gasteiger partial charge in [-0.15, -0.1) is 0 Å². The van der Waals surface area contributed by atoms with E-state index in [2.05, 4.69) is 0 Å². The topological polar surface area (TPSA) is 43.4 Å². The molecule has 3 heteroatoms. The molecule has 4 rings (SSSR count). The first kappa shape index (κ1) is 17.0. The maximum Gasteiger partial charge on any atom is 0.307 e. The summed E-state index contributed by atoms with van der Waals surface area (Å²) in [7, 11) is 0. The van der Waals surface area contributed by atoms with Crippen LogP contribution in [-0.4, -0.2) is 11.8 Å². The Kier molecular flexibility index (Phi) is 4.87. The van der Waals surface area contributed by atoms with E-state index in [9.17, 15) is 9.59 Å².